The fourth-order valence-corrected chi connectivity index (χ4v) is 3.49. The molecular weight excluding hydrogens is 342 g/mol. The van der Waals surface area contributed by atoms with E-state index in [4.69, 9.17) is 9.26 Å². The van der Waals surface area contributed by atoms with Gasteiger partial charge in [-0.05, 0) is 39.0 Å². The number of nitrogens with zero attached hydrogens (tertiary/aromatic N) is 4. The first-order chi connectivity index (χ1) is 13.1. The number of pyridine rings is 1. The average molecular weight is 367 g/mol. The lowest BCUT2D eigenvalue weighted by Gasteiger charge is -2.38. The molecule has 1 fully saturated rings. The molecule has 7 nitrogen and oxygen atoms in total. The van der Waals surface area contributed by atoms with E-state index in [1.165, 1.54) is 5.70 Å². The molecule has 0 aliphatic carbocycles. The van der Waals surface area contributed by atoms with E-state index in [1.54, 1.807) is 6.26 Å². The van der Waals surface area contributed by atoms with Gasteiger partial charge in [0, 0.05) is 48.5 Å². The van der Waals surface area contributed by atoms with E-state index in [1.807, 2.05) is 42.7 Å². The Kier molecular flexibility index (Phi) is 4.85. The summed E-state index contributed by atoms with van der Waals surface area (Å²) >= 11 is 0. The number of aromatic nitrogens is 2. The van der Waals surface area contributed by atoms with E-state index in [-0.39, 0.29) is 12.2 Å². The van der Waals surface area contributed by atoms with Gasteiger partial charge in [-0.1, -0.05) is 5.16 Å². The van der Waals surface area contributed by atoms with Crippen LogP contribution in [-0.2, 0) is 11.3 Å². The zero-order chi connectivity index (χ0) is 18.8. The molecule has 1 N–H and O–H groups in total. The highest BCUT2D eigenvalue weighted by atomic mass is 16.5. The van der Waals surface area contributed by atoms with Crippen molar-refractivity contribution in [2.75, 3.05) is 13.1 Å². The zero-order valence-electron chi connectivity index (χ0n) is 15.9. The molecule has 1 saturated heterocycles. The number of rotatable bonds is 4. The molecular formula is C20H25N5O2. The molecule has 27 heavy (non-hydrogen) atoms. The number of ether oxygens (including phenoxy) is 1. The number of hydrogen-bond acceptors (Lipinski definition) is 7. The minimum Gasteiger partial charge on any atom is -0.372 e. The van der Waals surface area contributed by atoms with Crippen LogP contribution < -0.4 is 5.43 Å². The van der Waals surface area contributed by atoms with Crippen molar-refractivity contribution in [3.05, 3.63) is 60.0 Å². The second-order valence-corrected chi connectivity index (χ2v) is 7.18. The molecule has 0 unspecified atom stereocenters. The third-order valence-electron chi connectivity index (χ3n) is 4.76. The highest BCUT2D eigenvalue weighted by Crippen LogP contribution is 2.24. The third kappa shape index (κ3) is 3.98. The van der Waals surface area contributed by atoms with Crippen LogP contribution in [0.1, 0.15) is 25.1 Å². The van der Waals surface area contributed by atoms with Crippen molar-refractivity contribution in [2.24, 2.45) is 0 Å². The minimum atomic E-state index is 0.240. The molecule has 142 valence electrons. The molecule has 7 heteroatoms. The van der Waals surface area contributed by atoms with Gasteiger partial charge in [-0.2, -0.15) is 0 Å². The molecule has 0 spiro atoms. The summed E-state index contributed by atoms with van der Waals surface area (Å²) in [7, 11) is 0. The highest BCUT2D eigenvalue weighted by molar-refractivity contribution is 5.61. The van der Waals surface area contributed by atoms with Crippen LogP contribution in [0.4, 0.5) is 0 Å². The summed E-state index contributed by atoms with van der Waals surface area (Å²) in [5.41, 5.74) is 8.27. The molecule has 2 aromatic heterocycles. The molecule has 4 heterocycles. The Balaban J connectivity index is 1.42. The largest absolute Gasteiger partial charge is 0.372 e. The van der Waals surface area contributed by atoms with E-state index in [2.05, 4.69) is 40.4 Å². The Morgan fingerprint density at radius 3 is 2.70 bits per heavy atom. The molecule has 0 saturated carbocycles. The lowest BCUT2D eigenvalue weighted by Crippen LogP contribution is -2.45. The van der Waals surface area contributed by atoms with E-state index in [9.17, 15) is 0 Å². The predicted molar refractivity (Wildman–Crippen MR) is 102 cm³/mol. The summed E-state index contributed by atoms with van der Waals surface area (Å²) in [4.78, 5) is 6.70. The Morgan fingerprint density at radius 1 is 1.22 bits per heavy atom. The normalized spacial score (nSPS) is 22.6. The summed E-state index contributed by atoms with van der Waals surface area (Å²) in [6.07, 6.45) is 10.2. The molecule has 2 atom stereocenters. The van der Waals surface area contributed by atoms with Crippen LogP contribution in [0.3, 0.4) is 0 Å². The van der Waals surface area contributed by atoms with Gasteiger partial charge in [-0.15, -0.1) is 0 Å². The van der Waals surface area contributed by atoms with E-state index < -0.39 is 0 Å². The maximum absolute atomic E-state index is 5.81. The lowest BCUT2D eigenvalue weighted by molar-refractivity contribution is -0.0571. The second-order valence-electron chi connectivity index (χ2n) is 7.18. The smallest absolute Gasteiger partial charge is 0.129 e. The summed E-state index contributed by atoms with van der Waals surface area (Å²) in [5, 5.41) is 6.16. The van der Waals surface area contributed by atoms with Crippen molar-refractivity contribution in [3.8, 4) is 11.3 Å². The van der Waals surface area contributed by atoms with Gasteiger partial charge in [-0.25, -0.2) is 0 Å². The highest BCUT2D eigenvalue weighted by Gasteiger charge is 2.24. The number of allylic oxidation sites excluding steroid dienone is 1. The Hall–Kier alpha value is -2.80. The molecule has 2 aliphatic heterocycles. The number of hydrazine groups is 1. The summed E-state index contributed by atoms with van der Waals surface area (Å²) < 4.78 is 11.0. The van der Waals surface area contributed by atoms with Crippen LogP contribution in [0.15, 0.2) is 53.3 Å². The third-order valence-corrected chi connectivity index (χ3v) is 4.76. The van der Waals surface area contributed by atoms with Crippen LogP contribution in [0.25, 0.3) is 11.3 Å². The van der Waals surface area contributed by atoms with Gasteiger partial charge >= 0.3 is 0 Å². The summed E-state index contributed by atoms with van der Waals surface area (Å²) in [6.45, 7) is 8.64. The van der Waals surface area contributed by atoms with Crippen molar-refractivity contribution in [2.45, 2.75) is 39.5 Å². The maximum Gasteiger partial charge on any atom is 0.129 e. The van der Waals surface area contributed by atoms with Crippen LogP contribution in [0, 0.1) is 6.92 Å². The van der Waals surface area contributed by atoms with Crippen molar-refractivity contribution < 1.29 is 9.26 Å². The van der Waals surface area contributed by atoms with Gasteiger partial charge in [0.05, 0.1) is 24.4 Å². The number of hydrogen-bond donors (Lipinski definition) is 1. The van der Waals surface area contributed by atoms with Crippen LogP contribution in [0.2, 0.25) is 0 Å². The standard InChI is InChI=1S/C20H25N5O2/c1-14-4-5-17(8-21-14)20-18(13-26-23-20)12-25-7-6-19(9-22-25)24-10-15(2)27-16(3)11-24/h4-9,13,15-16,22H,10-12H2,1-3H3/t15-,16+. The topological polar surface area (TPSA) is 66.7 Å². The monoisotopic (exact) mass is 367 g/mol. The van der Waals surface area contributed by atoms with Crippen molar-refractivity contribution in [3.63, 3.8) is 0 Å². The Bertz CT molecular complexity index is 832. The summed E-state index contributed by atoms with van der Waals surface area (Å²) in [6, 6.07) is 3.99. The summed E-state index contributed by atoms with van der Waals surface area (Å²) in [5.74, 6) is 0. The fraction of sp³-hybridized carbons (Fsp3) is 0.400. The van der Waals surface area contributed by atoms with E-state index >= 15 is 0 Å². The predicted octanol–water partition coefficient (Wildman–Crippen LogP) is 2.83. The molecule has 0 radical (unpaired) electrons. The first-order valence-corrected chi connectivity index (χ1v) is 9.26. The van der Waals surface area contributed by atoms with Crippen molar-refractivity contribution >= 4 is 0 Å². The van der Waals surface area contributed by atoms with E-state index in [0.717, 1.165) is 35.6 Å². The average Bonchev–Trinajstić information content (AvgIpc) is 3.10. The second kappa shape index (κ2) is 7.44. The van der Waals surface area contributed by atoms with Crippen molar-refractivity contribution in [1.29, 1.82) is 0 Å². The van der Waals surface area contributed by atoms with Crippen LogP contribution in [0.5, 0.6) is 0 Å². The molecule has 0 amide bonds. The molecule has 2 aromatic rings. The molecule has 0 bridgehead atoms. The first-order valence-electron chi connectivity index (χ1n) is 9.26. The maximum atomic E-state index is 5.81. The van der Waals surface area contributed by atoms with E-state index in [0.29, 0.717) is 6.54 Å². The zero-order valence-corrected chi connectivity index (χ0v) is 15.9. The van der Waals surface area contributed by atoms with Gasteiger partial charge in [0.25, 0.3) is 0 Å². The quantitative estimate of drug-likeness (QED) is 0.891. The van der Waals surface area contributed by atoms with Gasteiger partial charge in [0.2, 0.25) is 0 Å². The number of aryl methyl sites for hydroxylation is 1. The molecule has 0 aromatic carbocycles. The van der Waals surface area contributed by atoms with Gasteiger partial charge in [0.1, 0.15) is 12.0 Å². The van der Waals surface area contributed by atoms with Crippen LogP contribution in [-0.4, -0.2) is 45.3 Å². The first kappa shape index (κ1) is 17.6. The van der Waals surface area contributed by atoms with Gasteiger partial charge in [0.15, 0.2) is 0 Å². The number of morpholine rings is 1. The van der Waals surface area contributed by atoms with Gasteiger partial charge in [-0.3, -0.25) is 9.99 Å². The van der Waals surface area contributed by atoms with Gasteiger partial charge < -0.3 is 19.6 Å². The SMILES string of the molecule is Cc1ccc(-c2nocc2CN2C=CC(N3C[C@@H](C)O[C@@H](C)C3)=CN2)cn1. The fourth-order valence-electron chi connectivity index (χ4n) is 3.49. The molecule has 2 aliphatic rings. The lowest BCUT2D eigenvalue weighted by atomic mass is 10.1. The Labute approximate surface area is 159 Å². The van der Waals surface area contributed by atoms with Crippen molar-refractivity contribution in [1.82, 2.24) is 25.5 Å². The Morgan fingerprint density at radius 2 is 2.04 bits per heavy atom. The molecule has 4 rings (SSSR count). The number of nitrogens with one attached hydrogen (secondary N) is 1. The van der Waals surface area contributed by atoms with Crippen LogP contribution >= 0.6 is 0 Å². The minimum absolute atomic E-state index is 0.240.